The van der Waals surface area contributed by atoms with Crippen molar-refractivity contribution in [3.63, 3.8) is 0 Å². The number of carbonyl (C=O) groups excluding carboxylic acids is 2. The molecule has 7 atom stereocenters. The third kappa shape index (κ3) is 2.85. The standard InChI is InChI=1S/C31H41NO4/c1-26(2)10-12-31(25(35)36)13-11-29(6)19(20(31)16-26)14-21(33)23-28(5)15-18(17-32)24(34)27(3,4)22(28)8-9-30(23,29)7/h14-15,20,22-23H,8-13,16H2,1-7H3,(H,35,36)/t20-,22-,23+,28-,29+,30+,31-/m0/s1. The largest absolute Gasteiger partial charge is 0.481 e. The van der Waals surface area contributed by atoms with E-state index in [1.54, 1.807) is 0 Å². The Bertz CT molecular complexity index is 1180. The number of Topliss-reactive ketones (excluding diaryl/α,β-unsaturated/α-hetero) is 1. The van der Waals surface area contributed by atoms with Crippen molar-refractivity contribution in [1.29, 1.82) is 5.26 Å². The molecule has 1 N–H and O–H groups in total. The highest BCUT2D eigenvalue weighted by molar-refractivity contribution is 6.05. The number of carboxylic acids is 1. The van der Waals surface area contributed by atoms with E-state index >= 15 is 0 Å². The van der Waals surface area contributed by atoms with Crippen LogP contribution in [0.1, 0.15) is 93.4 Å². The predicted octanol–water partition coefficient (Wildman–Crippen LogP) is 6.29. The first-order chi connectivity index (χ1) is 16.5. The van der Waals surface area contributed by atoms with Crippen molar-refractivity contribution in [2.45, 2.75) is 93.4 Å². The van der Waals surface area contributed by atoms with Crippen LogP contribution in [0.25, 0.3) is 0 Å². The van der Waals surface area contributed by atoms with E-state index in [1.807, 2.05) is 26.0 Å². The van der Waals surface area contributed by atoms with Crippen LogP contribution < -0.4 is 0 Å². The molecule has 0 aromatic carbocycles. The van der Waals surface area contributed by atoms with Crippen molar-refractivity contribution in [2.75, 3.05) is 0 Å². The van der Waals surface area contributed by atoms with Gasteiger partial charge in [0.2, 0.25) is 0 Å². The summed E-state index contributed by atoms with van der Waals surface area (Å²) in [7, 11) is 0. The van der Waals surface area contributed by atoms with Gasteiger partial charge in [0, 0.05) is 16.7 Å². The lowest BCUT2D eigenvalue weighted by Crippen LogP contribution is -2.66. The number of nitrogens with zero attached hydrogens (tertiary/aromatic N) is 1. The number of carbonyl (C=O) groups is 3. The number of ketones is 2. The summed E-state index contributed by atoms with van der Waals surface area (Å²) < 4.78 is 0. The Hall–Kier alpha value is -2.22. The first kappa shape index (κ1) is 25.4. The Balaban J connectivity index is 1.71. The highest BCUT2D eigenvalue weighted by Gasteiger charge is 2.71. The van der Waals surface area contributed by atoms with E-state index in [4.69, 9.17) is 0 Å². The van der Waals surface area contributed by atoms with Crippen LogP contribution in [-0.2, 0) is 14.4 Å². The van der Waals surface area contributed by atoms with Gasteiger partial charge in [0.25, 0.3) is 0 Å². The normalized spacial score (nSPS) is 46.7. The second kappa shape index (κ2) is 7.21. The molecule has 0 aromatic rings. The van der Waals surface area contributed by atoms with Crippen LogP contribution in [0.5, 0.6) is 0 Å². The van der Waals surface area contributed by atoms with Gasteiger partial charge in [-0.25, -0.2) is 0 Å². The fourth-order valence-electron chi connectivity index (χ4n) is 10.1. The molecule has 0 radical (unpaired) electrons. The second-order valence-electron chi connectivity index (χ2n) is 14.7. The Kier molecular flexibility index (Phi) is 5.09. The van der Waals surface area contributed by atoms with Gasteiger partial charge < -0.3 is 5.11 Å². The zero-order valence-corrected chi connectivity index (χ0v) is 23.0. The minimum Gasteiger partial charge on any atom is -0.481 e. The molecule has 0 heterocycles. The molecule has 194 valence electrons. The maximum atomic E-state index is 14.3. The fraction of sp³-hybridized carbons (Fsp3) is 0.742. The molecule has 0 unspecified atom stereocenters. The molecule has 0 aromatic heterocycles. The molecular weight excluding hydrogens is 450 g/mol. The lowest BCUT2D eigenvalue weighted by atomic mass is 9.34. The second-order valence-corrected chi connectivity index (χ2v) is 14.7. The summed E-state index contributed by atoms with van der Waals surface area (Å²) in [4.78, 5) is 40.2. The molecule has 5 aliphatic rings. The van der Waals surface area contributed by atoms with Gasteiger partial charge in [-0.3, -0.25) is 14.4 Å². The van der Waals surface area contributed by atoms with Crippen molar-refractivity contribution < 1.29 is 19.5 Å². The summed E-state index contributed by atoms with van der Waals surface area (Å²) in [6.45, 7) is 14.9. The Morgan fingerprint density at radius 1 is 1.00 bits per heavy atom. The predicted molar refractivity (Wildman–Crippen MR) is 137 cm³/mol. The smallest absolute Gasteiger partial charge is 0.310 e. The van der Waals surface area contributed by atoms with Gasteiger partial charge in [-0.2, -0.15) is 5.26 Å². The van der Waals surface area contributed by atoms with Crippen LogP contribution in [0.2, 0.25) is 0 Å². The van der Waals surface area contributed by atoms with Crippen LogP contribution >= 0.6 is 0 Å². The molecule has 0 saturated heterocycles. The van der Waals surface area contributed by atoms with E-state index in [0.29, 0.717) is 12.8 Å². The topological polar surface area (TPSA) is 95.2 Å². The first-order valence-corrected chi connectivity index (χ1v) is 13.7. The zero-order valence-electron chi connectivity index (χ0n) is 23.0. The van der Waals surface area contributed by atoms with Crippen molar-refractivity contribution >= 4 is 17.5 Å². The fourth-order valence-corrected chi connectivity index (χ4v) is 10.1. The quantitative estimate of drug-likeness (QED) is 0.465. The summed E-state index contributed by atoms with van der Waals surface area (Å²) in [6.07, 6.45) is 9.03. The summed E-state index contributed by atoms with van der Waals surface area (Å²) in [6, 6.07) is 2.14. The Labute approximate surface area is 215 Å². The highest BCUT2D eigenvalue weighted by Crippen LogP contribution is 2.74. The van der Waals surface area contributed by atoms with Gasteiger partial charge in [0.05, 0.1) is 11.0 Å². The van der Waals surface area contributed by atoms with Crippen LogP contribution in [0.4, 0.5) is 0 Å². The minimum absolute atomic E-state index is 0.0227. The number of carboxylic acid groups (broad SMARTS) is 1. The molecule has 5 aliphatic carbocycles. The van der Waals surface area contributed by atoms with E-state index < -0.39 is 22.2 Å². The number of fused-ring (bicyclic) bond motifs is 7. The maximum absolute atomic E-state index is 14.3. The van der Waals surface area contributed by atoms with E-state index in [0.717, 1.165) is 37.7 Å². The van der Waals surface area contributed by atoms with E-state index in [2.05, 4.69) is 40.7 Å². The molecule has 0 bridgehead atoms. The number of allylic oxidation sites excluding steroid dienone is 4. The number of rotatable bonds is 1. The van der Waals surface area contributed by atoms with Gasteiger partial charge in [-0.1, -0.05) is 60.1 Å². The van der Waals surface area contributed by atoms with Crippen LogP contribution in [0.3, 0.4) is 0 Å². The number of nitriles is 1. The minimum atomic E-state index is -0.793. The molecule has 0 amide bonds. The zero-order chi connectivity index (χ0) is 26.7. The Morgan fingerprint density at radius 2 is 1.64 bits per heavy atom. The monoisotopic (exact) mass is 491 g/mol. The summed E-state index contributed by atoms with van der Waals surface area (Å²) in [5.74, 6) is -1.28. The Morgan fingerprint density at radius 3 is 2.25 bits per heavy atom. The van der Waals surface area contributed by atoms with Crippen LogP contribution in [0.15, 0.2) is 23.3 Å². The third-order valence-corrected chi connectivity index (χ3v) is 12.3. The van der Waals surface area contributed by atoms with Gasteiger partial charge in [0.15, 0.2) is 11.6 Å². The first-order valence-electron chi connectivity index (χ1n) is 13.7. The molecule has 3 saturated carbocycles. The third-order valence-electron chi connectivity index (χ3n) is 12.3. The van der Waals surface area contributed by atoms with Crippen molar-refractivity contribution in [2.24, 2.45) is 50.2 Å². The lowest BCUT2D eigenvalue weighted by Gasteiger charge is -2.68. The van der Waals surface area contributed by atoms with E-state index in [-0.39, 0.29) is 51.1 Å². The number of hydrogen-bond acceptors (Lipinski definition) is 4. The van der Waals surface area contributed by atoms with Crippen LogP contribution in [0, 0.1) is 61.6 Å². The SMILES string of the molecule is CC1(C)CC[C@]2(C(=O)O)CC[C@]3(C)C(=CC(=O)[C@@H]4[C@@]5(C)C=C(C#N)C(=O)C(C)(C)[C@@H]5CC[C@]43C)[C@@H]2C1. The van der Waals surface area contributed by atoms with Gasteiger partial charge >= 0.3 is 5.97 Å². The molecule has 5 nitrogen and oxygen atoms in total. The van der Waals surface area contributed by atoms with Gasteiger partial charge in [-0.05, 0) is 79.1 Å². The van der Waals surface area contributed by atoms with Crippen LogP contribution in [-0.4, -0.2) is 22.6 Å². The molecule has 3 fully saturated rings. The van der Waals surface area contributed by atoms with E-state index in [9.17, 15) is 24.8 Å². The molecular formula is C31H41NO4. The molecule has 0 spiro atoms. The average Bonchev–Trinajstić information content (AvgIpc) is 2.77. The van der Waals surface area contributed by atoms with Gasteiger partial charge in [0.1, 0.15) is 6.07 Å². The summed E-state index contributed by atoms with van der Waals surface area (Å²) in [5, 5.41) is 20.3. The molecule has 36 heavy (non-hydrogen) atoms. The number of hydrogen-bond donors (Lipinski definition) is 1. The van der Waals surface area contributed by atoms with Gasteiger partial charge in [-0.15, -0.1) is 0 Å². The lowest BCUT2D eigenvalue weighted by molar-refractivity contribution is -0.178. The summed E-state index contributed by atoms with van der Waals surface area (Å²) >= 11 is 0. The molecule has 5 heteroatoms. The molecule has 0 aliphatic heterocycles. The average molecular weight is 492 g/mol. The summed E-state index contributed by atoms with van der Waals surface area (Å²) in [5.41, 5.74) is -1.51. The van der Waals surface area contributed by atoms with Crippen molar-refractivity contribution in [1.82, 2.24) is 0 Å². The number of aliphatic carboxylic acids is 1. The molecule has 5 rings (SSSR count). The maximum Gasteiger partial charge on any atom is 0.310 e. The van der Waals surface area contributed by atoms with Crippen molar-refractivity contribution in [3.05, 3.63) is 23.3 Å². The van der Waals surface area contributed by atoms with Crippen molar-refractivity contribution in [3.8, 4) is 6.07 Å². The highest BCUT2D eigenvalue weighted by atomic mass is 16.4. The van der Waals surface area contributed by atoms with E-state index in [1.165, 1.54) is 0 Å².